The lowest BCUT2D eigenvalue weighted by atomic mass is 10.0. The minimum Gasteiger partial charge on any atom is -0.495 e. The van der Waals surface area contributed by atoms with Crippen molar-refractivity contribution in [2.24, 2.45) is 0 Å². The minimum absolute atomic E-state index is 0.0281. The first-order valence-electron chi connectivity index (χ1n) is 14.2. The van der Waals surface area contributed by atoms with Crippen LogP contribution in [0.5, 0.6) is 5.75 Å². The summed E-state index contributed by atoms with van der Waals surface area (Å²) in [4.78, 5) is 29.6. The number of carbonyl (C=O) groups is 2. The molecule has 2 amide bonds. The molecule has 8 nitrogen and oxygen atoms in total. The van der Waals surface area contributed by atoms with Gasteiger partial charge in [-0.25, -0.2) is 8.42 Å². The predicted octanol–water partition coefficient (Wildman–Crippen LogP) is 5.74. The highest BCUT2D eigenvalue weighted by Gasteiger charge is 2.35. The fraction of sp³-hybridized carbons (Fsp3) is 0.235. The molecule has 230 valence electrons. The number of rotatable bonds is 13. The summed E-state index contributed by atoms with van der Waals surface area (Å²) in [5.41, 5.74) is 2.67. The second-order valence-corrected chi connectivity index (χ2v) is 13.0. The number of benzene rings is 4. The van der Waals surface area contributed by atoms with Crippen LogP contribution in [0.2, 0.25) is 0 Å². The van der Waals surface area contributed by atoms with Gasteiger partial charge in [0.25, 0.3) is 10.0 Å². The van der Waals surface area contributed by atoms with Gasteiger partial charge in [-0.15, -0.1) is 0 Å². The molecule has 0 radical (unpaired) electrons. The van der Waals surface area contributed by atoms with Crippen LogP contribution in [-0.4, -0.2) is 51.4 Å². The third kappa shape index (κ3) is 8.06. The maximum atomic E-state index is 14.5. The van der Waals surface area contributed by atoms with Crippen LogP contribution in [0.15, 0.2) is 112 Å². The molecule has 1 N–H and O–H groups in total. The molecular formula is C34H36BrN3O5S. The third-order valence-corrected chi connectivity index (χ3v) is 9.40. The van der Waals surface area contributed by atoms with Crippen molar-refractivity contribution in [2.75, 3.05) is 24.5 Å². The van der Waals surface area contributed by atoms with Crippen molar-refractivity contribution in [3.8, 4) is 5.75 Å². The van der Waals surface area contributed by atoms with Gasteiger partial charge in [-0.3, -0.25) is 13.9 Å². The molecule has 0 fully saturated rings. The molecule has 0 aliphatic heterocycles. The second-order valence-electron chi connectivity index (χ2n) is 10.2. The molecule has 0 saturated carbocycles. The van der Waals surface area contributed by atoms with Crippen LogP contribution in [0, 0.1) is 6.92 Å². The van der Waals surface area contributed by atoms with E-state index >= 15 is 0 Å². The molecule has 4 aromatic carbocycles. The van der Waals surface area contributed by atoms with Gasteiger partial charge in [-0.05, 0) is 66.9 Å². The van der Waals surface area contributed by atoms with Gasteiger partial charge >= 0.3 is 0 Å². The van der Waals surface area contributed by atoms with Gasteiger partial charge < -0.3 is 15.0 Å². The largest absolute Gasteiger partial charge is 0.495 e. The molecule has 44 heavy (non-hydrogen) atoms. The fourth-order valence-corrected chi connectivity index (χ4v) is 6.56. The van der Waals surface area contributed by atoms with E-state index < -0.39 is 28.5 Å². The number of carbonyl (C=O) groups excluding carboxylic acids is 2. The number of anilines is 1. The topological polar surface area (TPSA) is 96.0 Å². The van der Waals surface area contributed by atoms with Crippen LogP contribution in [0.3, 0.4) is 0 Å². The molecule has 0 unspecified atom stereocenters. The molecule has 0 saturated heterocycles. The van der Waals surface area contributed by atoms with Crippen LogP contribution in [-0.2, 0) is 32.6 Å². The first-order chi connectivity index (χ1) is 21.1. The monoisotopic (exact) mass is 677 g/mol. The van der Waals surface area contributed by atoms with Crippen molar-refractivity contribution in [3.05, 3.63) is 124 Å². The van der Waals surface area contributed by atoms with Crippen LogP contribution >= 0.6 is 15.9 Å². The molecule has 0 aliphatic rings. The molecule has 0 bridgehead atoms. The SMILES string of the molecule is CCNC(=O)[C@@H](Cc1ccccc1)N(Cc1ccc(Br)cc1)C(=O)CN(c1cc(C)ccc1OC)S(=O)(=O)c1ccccc1. The summed E-state index contributed by atoms with van der Waals surface area (Å²) < 4.78 is 35.9. The molecule has 0 spiro atoms. The molecule has 10 heteroatoms. The molecular weight excluding hydrogens is 642 g/mol. The number of hydrogen-bond acceptors (Lipinski definition) is 5. The first kappa shape index (κ1) is 32.8. The molecule has 1 atom stereocenters. The summed E-state index contributed by atoms with van der Waals surface area (Å²) in [5.74, 6) is -0.567. The lowest BCUT2D eigenvalue weighted by Gasteiger charge is -2.34. The van der Waals surface area contributed by atoms with E-state index in [-0.39, 0.29) is 29.5 Å². The van der Waals surface area contributed by atoms with Gasteiger partial charge in [0.05, 0.1) is 17.7 Å². The predicted molar refractivity (Wildman–Crippen MR) is 176 cm³/mol. The lowest BCUT2D eigenvalue weighted by molar-refractivity contribution is -0.140. The minimum atomic E-state index is -4.23. The molecule has 0 aromatic heterocycles. The van der Waals surface area contributed by atoms with Gasteiger partial charge in [-0.2, -0.15) is 0 Å². The zero-order valence-electron chi connectivity index (χ0n) is 24.9. The van der Waals surface area contributed by atoms with Gasteiger partial charge in [0, 0.05) is 24.0 Å². The van der Waals surface area contributed by atoms with E-state index in [4.69, 9.17) is 4.74 Å². The van der Waals surface area contributed by atoms with Crippen molar-refractivity contribution in [1.82, 2.24) is 10.2 Å². The van der Waals surface area contributed by atoms with Crippen molar-refractivity contribution in [2.45, 2.75) is 37.8 Å². The number of halogens is 1. The second kappa shape index (κ2) is 15.0. The number of hydrogen-bond donors (Lipinski definition) is 1. The summed E-state index contributed by atoms with van der Waals surface area (Å²) in [7, 11) is -2.77. The van der Waals surface area contributed by atoms with E-state index in [9.17, 15) is 18.0 Å². The Morgan fingerprint density at radius 2 is 1.52 bits per heavy atom. The summed E-state index contributed by atoms with van der Waals surface area (Å²) >= 11 is 3.45. The summed E-state index contributed by atoms with van der Waals surface area (Å²) in [6.07, 6.45) is 0.244. The number of nitrogens with zero attached hydrogens (tertiary/aromatic N) is 2. The highest BCUT2D eigenvalue weighted by Crippen LogP contribution is 2.34. The molecule has 4 rings (SSSR count). The van der Waals surface area contributed by atoms with Gasteiger partial charge in [0.15, 0.2) is 0 Å². The maximum Gasteiger partial charge on any atom is 0.264 e. The standard InChI is InChI=1S/C34H36BrN3O5S/c1-4-36-34(40)31(22-26-11-7-5-8-12-26)37(23-27-16-18-28(35)19-17-27)33(39)24-38(30-21-25(2)15-20-32(30)43-3)44(41,42)29-13-9-6-10-14-29/h5-21,31H,4,22-24H2,1-3H3,(H,36,40)/t31-/m1/s1. The van der Waals surface area contributed by atoms with Crippen LogP contribution < -0.4 is 14.4 Å². The Morgan fingerprint density at radius 1 is 0.886 bits per heavy atom. The Kier molecular flexibility index (Phi) is 11.2. The summed E-state index contributed by atoms with van der Waals surface area (Å²) in [6, 6.07) is 29.1. The quantitative estimate of drug-likeness (QED) is 0.195. The average molecular weight is 679 g/mol. The maximum absolute atomic E-state index is 14.5. The lowest BCUT2D eigenvalue weighted by Crippen LogP contribution is -2.53. The van der Waals surface area contributed by atoms with E-state index in [1.165, 1.54) is 24.1 Å². The van der Waals surface area contributed by atoms with Crippen molar-refractivity contribution in [1.29, 1.82) is 0 Å². The normalized spacial score (nSPS) is 11.8. The number of amides is 2. The molecule has 4 aromatic rings. The number of sulfonamides is 1. The summed E-state index contributed by atoms with van der Waals surface area (Å²) in [6.45, 7) is 3.56. The number of ether oxygens (including phenoxy) is 1. The van der Waals surface area contributed by atoms with E-state index in [0.29, 0.717) is 12.3 Å². The van der Waals surface area contributed by atoms with Crippen LogP contribution in [0.25, 0.3) is 0 Å². The Labute approximate surface area is 267 Å². The van der Waals surface area contributed by atoms with E-state index in [2.05, 4.69) is 21.2 Å². The smallest absolute Gasteiger partial charge is 0.264 e. The molecule has 0 heterocycles. The van der Waals surface area contributed by atoms with Crippen LogP contribution in [0.4, 0.5) is 5.69 Å². The Morgan fingerprint density at radius 3 is 2.14 bits per heavy atom. The van der Waals surface area contributed by atoms with E-state index in [1.54, 1.807) is 30.3 Å². The number of likely N-dealkylation sites (N-methyl/N-ethyl adjacent to an activating group) is 1. The zero-order valence-corrected chi connectivity index (χ0v) is 27.3. The zero-order chi connectivity index (χ0) is 31.7. The van der Waals surface area contributed by atoms with Gasteiger partial charge in [0.1, 0.15) is 18.3 Å². The van der Waals surface area contributed by atoms with E-state index in [0.717, 1.165) is 25.5 Å². The Bertz CT molecular complexity index is 1670. The van der Waals surface area contributed by atoms with Crippen molar-refractivity contribution in [3.63, 3.8) is 0 Å². The average Bonchev–Trinajstić information content (AvgIpc) is 3.03. The van der Waals surface area contributed by atoms with Gasteiger partial charge in [0.2, 0.25) is 11.8 Å². The Balaban J connectivity index is 1.83. The number of methoxy groups -OCH3 is 1. The summed E-state index contributed by atoms with van der Waals surface area (Å²) in [5, 5.41) is 2.87. The number of nitrogens with one attached hydrogen (secondary N) is 1. The van der Waals surface area contributed by atoms with Gasteiger partial charge in [-0.1, -0.05) is 82.7 Å². The third-order valence-electron chi connectivity index (χ3n) is 7.10. The fourth-order valence-electron chi connectivity index (χ4n) is 4.86. The molecule has 0 aliphatic carbocycles. The Hall–Kier alpha value is -4.15. The van der Waals surface area contributed by atoms with Crippen molar-refractivity contribution >= 4 is 43.5 Å². The number of aryl methyl sites for hydroxylation is 1. The first-order valence-corrected chi connectivity index (χ1v) is 16.4. The van der Waals surface area contributed by atoms with Crippen LogP contribution in [0.1, 0.15) is 23.6 Å². The highest BCUT2D eigenvalue weighted by atomic mass is 79.9. The van der Waals surface area contributed by atoms with E-state index in [1.807, 2.05) is 74.5 Å². The van der Waals surface area contributed by atoms with Crippen molar-refractivity contribution < 1.29 is 22.7 Å². The highest BCUT2D eigenvalue weighted by molar-refractivity contribution is 9.10.